The molecule has 2 rings (SSSR count). The van der Waals surface area contributed by atoms with E-state index in [1.807, 2.05) is 17.5 Å². The van der Waals surface area contributed by atoms with Crippen molar-refractivity contribution in [1.82, 2.24) is 0 Å². The van der Waals surface area contributed by atoms with Crippen LogP contribution in [0.25, 0.3) is 10.1 Å². The van der Waals surface area contributed by atoms with E-state index in [0.717, 1.165) is 20.8 Å². The highest BCUT2D eigenvalue weighted by Gasteiger charge is 2.08. The Morgan fingerprint density at radius 1 is 1.54 bits per heavy atom. The van der Waals surface area contributed by atoms with Crippen LogP contribution < -0.4 is 5.73 Å². The first-order valence-electron chi connectivity index (χ1n) is 3.64. The lowest BCUT2D eigenvalue weighted by molar-refractivity contribution is 0.112. The topological polar surface area (TPSA) is 43.1 Å². The fraction of sp³-hybridized carbons (Fsp3) is 0. The van der Waals surface area contributed by atoms with Crippen LogP contribution in [0.4, 0.5) is 5.69 Å². The summed E-state index contributed by atoms with van der Waals surface area (Å²) in [5.41, 5.74) is 6.83. The zero-order valence-corrected chi connectivity index (χ0v) is 8.98. The number of benzene rings is 1. The average molecular weight is 256 g/mol. The number of halogens is 1. The van der Waals surface area contributed by atoms with Crippen molar-refractivity contribution in [2.24, 2.45) is 0 Å². The van der Waals surface area contributed by atoms with Gasteiger partial charge in [-0.05, 0) is 33.4 Å². The average Bonchev–Trinajstić information content (AvgIpc) is 2.54. The van der Waals surface area contributed by atoms with E-state index < -0.39 is 0 Å². The quantitative estimate of drug-likeness (QED) is 0.629. The van der Waals surface area contributed by atoms with Crippen molar-refractivity contribution in [1.29, 1.82) is 0 Å². The Kier molecular flexibility index (Phi) is 2.09. The first kappa shape index (κ1) is 8.72. The summed E-state index contributed by atoms with van der Waals surface area (Å²) in [7, 11) is 0. The van der Waals surface area contributed by atoms with Gasteiger partial charge in [0.15, 0.2) is 6.29 Å². The molecular weight excluding hydrogens is 250 g/mol. The van der Waals surface area contributed by atoms with Crippen LogP contribution in [0.15, 0.2) is 22.0 Å². The van der Waals surface area contributed by atoms with Crippen molar-refractivity contribution in [2.75, 3.05) is 5.73 Å². The third-order valence-electron chi connectivity index (χ3n) is 1.91. The summed E-state index contributed by atoms with van der Waals surface area (Å²) in [6, 6.07) is 3.84. The van der Waals surface area contributed by atoms with Gasteiger partial charge in [0.1, 0.15) is 0 Å². The standard InChI is InChI=1S/C9H6BrNOS/c10-7-3-8-5(1-2-13-8)6(4-12)9(7)11/h1-4H,11H2. The van der Waals surface area contributed by atoms with Gasteiger partial charge < -0.3 is 5.73 Å². The van der Waals surface area contributed by atoms with Crippen molar-refractivity contribution in [3.05, 3.63) is 27.5 Å². The molecule has 13 heavy (non-hydrogen) atoms. The molecule has 0 saturated carbocycles. The van der Waals surface area contributed by atoms with Crippen LogP contribution in [-0.4, -0.2) is 6.29 Å². The molecule has 66 valence electrons. The molecule has 0 saturated heterocycles. The number of rotatable bonds is 1. The molecule has 0 aliphatic carbocycles. The number of anilines is 1. The molecule has 0 amide bonds. The molecule has 0 fully saturated rings. The van der Waals surface area contributed by atoms with Crippen molar-refractivity contribution in [3.8, 4) is 0 Å². The molecule has 0 unspecified atom stereocenters. The second-order valence-corrected chi connectivity index (χ2v) is 4.44. The van der Waals surface area contributed by atoms with Gasteiger partial charge in [0.2, 0.25) is 0 Å². The molecule has 1 aromatic heterocycles. The number of hydrogen-bond acceptors (Lipinski definition) is 3. The number of thiophene rings is 1. The van der Waals surface area contributed by atoms with Gasteiger partial charge >= 0.3 is 0 Å². The highest BCUT2D eigenvalue weighted by molar-refractivity contribution is 9.10. The van der Waals surface area contributed by atoms with Crippen molar-refractivity contribution in [2.45, 2.75) is 0 Å². The lowest BCUT2D eigenvalue weighted by atomic mass is 10.1. The zero-order chi connectivity index (χ0) is 9.42. The van der Waals surface area contributed by atoms with E-state index in [4.69, 9.17) is 5.73 Å². The summed E-state index contributed by atoms with van der Waals surface area (Å²) in [5.74, 6) is 0. The minimum absolute atomic E-state index is 0.515. The molecule has 1 aromatic carbocycles. The molecule has 0 atom stereocenters. The fourth-order valence-corrected chi connectivity index (χ4v) is 2.68. The maximum Gasteiger partial charge on any atom is 0.152 e. The molecule has 0 aliphatic rings. The van der Waals surface area contributed by atoms with E-state index >= 15 is 0 Å². The Hall–Kier alpha value is -0.870. The first-order chi connectivity index (χ1) is 6.24. The normalized spacial score (nSPS) is 10.5. The van der Waals surface area contributed by atoms with Crippen molar-refractivity contribution >= 4 is 49.3 Å². The number of aldehydes is 1. The number of hydrogen-bond donors (Lipinski definition) is 1. The van der Waals surface area contributed by atoms with Crippen LogP contribution >= 0.6 is 27.3 Å². The summed E-state index contributed by atoms with van der Waals surface area (Å²) < 4.78 is 1.85. The predicted octanol–water partition coefficient (Wildman–Crippen LogP) is 3.06. The molecule has 0 spiro atoms. The monoisotopic (exact) mass is 255 g/mol. The second-order valence-electron chi connectivity index (χ2n) is 2.64. The summed E-state index contributed by atoms with van der Waals surface area (Å²) in [5, 5.41) is 2.88. The highest BCUT2D eigenvalue weighted by atomic mass is 79.9. The molecule has 2 aromatic rings. The minimum Gasteiger partial charge on any atom is -0.397 e. The van der Waals surface area contributed by atoms with Crippen LogP contribution in [0, 0.1) is 0 Å². The summed E-state index contributed by atoms with van der Waals surface area (Å²) >= 11 is 4.91. The van der Waals surface area contributed by atoms with E-state index in [1.54, 1.807) is 11.3 Å². The zero-order valence-electron chi connectivity index (χ0n) is 6.58. The summed E-state index contributed by atoms with van der Waals surface area (Å²) in [6.07, 6.45) is 0.801. The Balaban J connectivity index is 2.95. The van der Waals surface area contributed by atoms with Gasteiger partial charge in [-0.25, -0.2) is 0 Å². The first-order valence-corrected chi connectivity index (χ1v) is 5.31. The molecule has 0 radical (unpaired) electrons. The number of nitrogens with two attached hydrogens (primary N) is 1. The fourth-order valence-electron chi connectivity index (χ4n) is 1.25. The molecule has 2 nitrogen and oxygen atoms in total. The van der Waals surface area contributed by atoms with Gasteiger partial charge in [-0.3, -0.25) is 4.79 Å². The van der Waals surface area contributed by atoms with Gasteiger partial charge in [0, 0.05) is 20.1 Å². The lowest BCUT2D eigenvalue weighted by Gasteiger charge is -2.02. The maximum absolute atomic E-state index is 10.8. The summed E-state index contributed by atoms with van der Waals surface area (Å²) in [6.45, 7) is 0. The van der Waals surface area contributed by atoms with Crippen LogP contribution in [0.1, 0.15) is 10.4 Å². The third kappa shape index (κ3) is 1.26. The predicted molar refractivity (Wildman–Crippen MR) is 59.3 cm³/mol. The molecular formula is C9H6BrNOS. The van der Waals surface area contributed by atoms with Gasteiger partial charge in [0.05, 0.1) is 5.69 Å². The minimum atomic E-state index is 0.515. The number of carbonyl (C=O) groups excluding carboxylic acids is 1. The van der Waals surface area contributed by atoms with Crippen LogP contribution in [-0.2, 0) is 0 Å². The Labute approximate surface area is 87.5 Å². The summed E-state index contributed by atoms with van der Waals surface area (Å²) in [4.78, 5) is 10.8. The van der Waals surface area contributed by atoms with Crippen LogP contribution in [0.3, 0.4) is 0 Å². The van der Waals surface area contributed by atoms with E-state index in [9.17, 15) is 4.79 Å². The number of nitrogen functional groups attached to an aromatic ring is 1. The van der Waals surface area contributed by atoms with Crippen LogP contribution in [0.5, 0.6) is 0 Å². The SMILES string of the molecule is Nc1c(Br)cc2sccc2c1C=O. The number of fused-ring (bicyclic) bond motifs is 1. The van der Waals surface area contributed by atoms with Gasteiger partial charge in [-0.2, -0.15) is 0 Å². The second kappa shape index (κ2) is 3.12. The van der Waals surface area contributed by atoms with Crippen molar-refractivity contribution < 1.29 is 4.79 Å². The Morgan fingerprint density at radius 2 is 2.31 bits per heavy atom. The van der Waals surface area contributed by atoms with Crippen molar-refractivity contribution in [3.63, 3.8) is 0 Å². The molecule has 0 aliphatic heterocycles. The van der Waals surface area contributed by atoms with Gasteiger partial charge in [-0.1, -0.05) is 0 Å². The molecule has 1 heterocycles. The van der Waals surface area contributed by atoms with E-state index in [-0.39, 0.29) is 0 Å². The highest BCUT2D eigenvalue weighted by Crippen LogP contribution is 2.33. The smallest absolute Gasteiger partial charge is 0.152 e. The van der Waals surface area contributed by atoms with E-state index in [1.165, 1.54) is 0 Å². The largest absolute Gasteiger partial charge is 0.397 e. The molecule has 2 N–H and O–H groups in total. The van der Waals surface area contributed by atoms with Gasteiger partial charge in [-0.15, -0.1) is 11.3 Å². The lowest BCUT2D eigenvalue weighted by Crippen LogP contribution is -1.94. The van der Waals surface area contributed by atoms with E-state index in [2.05, 4.69) is 15.9 Å². The van der Waals surface area contributed by atoms with E-state index in [0.29, 0.717) is 11.3 Å². The molecule has 4 heteroatoms. The molecule has 0 bridgehead atoms. The Bertz CT molecular complexity index is 478. The third-order valence-corrected chi connectivity index (χ3v) is 3.43. The maximum atomic E-state index is 10.8. The van der Waals surface area contributed by atoms with Gasteiger partial charge in [0.25, 0.3) is 0 Å². The van der Waals surface area contributed by atoms with Crippen LogP contribution in [0.2, 0.25) is 0 Å². The Morgan fingerprint density at radius 3 is 3.00 bits per heavy atom. The number of carbonyl (C=O) groups is 1.